The van der Waals surface area contributed by atoms with Crippen LogP contribution in [0, 0.1) is 0 Å². The number of hydrogen-bond acceptors (Lipinski definition) is 3. The zero-order chi connectivity index (χ0) is 17.9. The van der Waals surface area contributed by atoms with Crippen molar-refractivity contribution in [2.75, 3.05) is 6.61 Å². The van der Waals surface area contributed by atoms with Crippen molar-refractivity contribution in [1.29, 1.82) is 0 Å². The van der Waals surface area contributed by atoms with E-state index in [1.807, 2.05) is 12.1 Å². The van der Waals surface area contributed by atoms with Crippen LogP contribution in [0.5, 0.6) is 5.75 Å². The van der Waals surface area contributed by atoms with Gasteiger partial charge in [-0.1, -0.05) is 45.4 Å². The van der Waals surface area contributed by atoms with Crippen LogP contribution in [0.2, 0.25) is 0 Å². The quantitative estimate of drug-likeness (QED) is 0.423. The Kier molecular flexibility index (Phi) is 8.73. The highest BCUT2D eigenvalue weighted by molar-refractivity contribution is 7.80. The van der Waals surface area contributed by atoms with Gasteiger partial charge in [-0.3, -0.25) is 10.1 Å². The van der Waals surface area contributed by atoms with Gasteiger partial charge in [-0.05, 0) is 55.7 Å². The molecule has 5 heteroatoms. The van der Waals surface area contributed by atoms with E-state index in [4.69, 9.17) is 17.0 Å². The number of benzene rings is 1. The third-order valence-corrected chi connectivity index (χ3v) is 4.77. The van der Waals surface area contributed by atoms with Crippen molar-refractivity contribution in [2.45, 2.75) is 70.8 Å². The van der Waals surface area contributed by atoms with Crippen molar-refractivity contribution in [3.05, 3.63) is 29.8 Å². The number of thiocarbonyl (C=S) groups is 1. The second kappa shape index (κ2) is 11.1. The van der Waals surface area contributed by atoms with Crippen molar-refractivity contribution in [1.82, 2.24) is 10.6 Å². The Hall–Kier alpha value is -1.62. The van der Waals surface area contributed by atoms with Crippen molar-refractivity contribution in [2.24, 2.45) is 0 Å². The number of unbranched alkanes of at least 4 members (excludes halogenated alkanes) is 2. The van der Waals surface area contributed by atoms with E-state index in [2.05, 4.69) is 17.6 Å². The first kappa shape index (κ1) is 19.7. The van der Waals surface area contributed by atoms with Crippen molar-refractivity contribution in [3.63, 3.8) is 0 Å². The summed E-state index contributed by atoms with van der Waals surface area (Å²) < 4.78 is 5.67. The Morgan fingerprint density at radius 3 is 2.44 bits per heavy atom. The van der Waals surface area contributed by atoms with Gasteiger partial charge >= 0.3 is 0 Å². The summed E-state index contributed by atoms with van der Waals surface area (Å²) in [4.78, 5) is 12.3. The number of carbonyl (C=O) groups excluding carboxylic acids is 1. The van der Waals surface area contributed by atoms with E-state index in [0.717, 1.165) is 31.6 Å². The summed E-state index contributed by atoms with van der Waals surface area (Å²) in [6.45, 7) is 2.89. The maximum atomic E-state index is 12.3. The van der Waals surface area contributed by atoms with Gasteiger partial charge in [0.2, 0.25) is 0 Å². The van der Waals surface area contributed by atoms with Gasteiger partial charge in [-0.2, -0.15) is 0 Å². The van der Waals surface area contributed by atoms with Crippen molar-refractivity contribution in [3.8, 4) is 5.75 Å². The molecule has 4 nitrogen and oxygen atoms in total. The van der Waals surface area contributed by atoms with Gasteiger partial charge in [-0.25, -0.2) is 0 Å². The number of hydrogen-bond donors (Lipinski definition) is 2. The molecule has 0 spiro atoms. The molecule has 0 aliphatic heterocycles. The summed E-state index contributed by atoms with van der Waals surface area (Å²) in [7, 11) is 0. The first-order chi connectivity index (χ1) is 12.2. The lowest BCUT2D eigenvalue weighted by Gasteiger charge is -2.18. The van der Waals surface area contributed by atoms with Crippen molar-refractivity contribution < 1.29 is 9.53 Å². The standard InChI is InChI=1S/C20H30N2O2S/c1-2-3-8-15-24-18-13-11-16(12-14-18)19(23)22-20(25)21-17-9-6-4-5-7-10-17/h11-14,17H,2-10,15H2,1H3,(H2,21,22,23,25). The molecule has 0 atom stereocenters. The maximum Gasteiger partial charge on any atom is 0.257 e. The summed E-state index contributed by atoms with van der Waals surface area (Å²) >= 11 is 5.30. The molecular formula is C20H30N2O2S. The van der Waals surface area contributed by atoms with E-state index < -0.39 is 0 Å². The van der Waals surface area contributed by atoms with E-state index in [9.17, 15) is 4.79 Å². The van der Waals surface area contributed by atoms with Crippen LogP contribution in [0.1, 0.15) is 75.1 Å². The molecule has 2 rings (SSSR count). The highest BCUT2D eigenvalue weighted by Crippen LogP contribution is 2.17. The minimum absolute atomic E-state index is 0.177. The van der Waals surface area contributed by atoms with Gasteiger partial charge < -0.3 is 10.1 Å². The lowest BCUT2D eigenvalue weighted by molar-refractivity contribution is 0.0976. The third kappa shape index (κ3) is 7.43. The van der Waals surface area contributed by atoms with Crippen LogP contribution < -0.4 is 15.4 Å². The minimum atomic E-state index is -0.177. The Morgan fingerprint density at radius 1 is 1.12 bits per heavy atom. The number of carbonyl (C=O) groups is 1. The molecule has 1 fully saturated rings. The van der Waals surface area contributed by atoms with E-state index >= 15 is 0 Å². The second-order valence-electron chi connectivity index (χ2n) is 6.70. The van der Waals surface area contributed by atoms with Crippen LogP contribution in [-0.2, 0) is 0 Å². The summed E-state index contributed by atoms with van der Waals surface area (Å²) in [6.07, 6.45) is 10.7. The zero-order valence-electron chi connectivity index (χ0n) is 15.2. The predicted octanol–water partition coefficient (Wildman–Crippen LogP) is 4.58. The Morgan fingerprint density at radius 2 is 1.80 bits per heavy atom. The fourth-order valence-electron chi connectivity index (χ4n) is 3.07. The first-order valence-electron chi connectivity index (χ1n) is 9.53. The Bertz CT molecular complexity index is 537. The topological polar surface area (TPSA) is 50.4 Å². The number of ether oxygens (including phenoxy) is 1. The van der Waals surface area contributed by atoms with Gasteiger partial charge in [-0.15, -0.1) is 0 Å². The van der Waals surface area contributed by atoms with Crippen LogP contribution >= 0.6 is 12.2 Å². The summed E-state index contributed by atoms with van der Waals surface area (Å²) in [5, 5.41) is 6.50. The van der Waals surface area contributed by atoms with Crippen LogP contribution in [0.15, 0.2) is 24.3 Å². The van der Waals surface area contributed by atoms with Gasteiger partial charge in [0.05, 0.1) is 6.61 Å². The van der Waals surface area contributed by atoms with Crippen LogP contribution in [0.3, 0.4) is 0 Å². The molecule has 1 saturated carbocycles. The fourth-order valence-corrected chi connectivity index (χ4v) is 3.32. The molecule has 1 aliphatic carbocycles. The molecule has 1 amide bonds. The molecule has 0 radical (unpaired) electrons. The molecule has 1 aromatic carbocycles. The maximum absolute atomic E-state index is 12.3. The average molecular weight is 363 g/mol. The molecule has 25 heavy (non-hydrogen) atoms. The molecule has 0 aromatic heterocycles. The molecule has 1 aliphatic rings. The van der Waals surface area contributed by atoms with Gasteiger partial charge in [0, 0.05) is 11.6 Å². The number of rotatable bonds is 7. The predicted molar refractivity (Wildman–Crippen MR) is 106 cm³/mol. The summed E-state index contributed by atoms with van der Waals surface area (Å²) in [5.41, 5.74) is 0.589. The third-order valence-electron chi connectivity index (χ3n) is 4.55. The normalized spacial score (nSPS) is 15.2. The Labute approximate surface area is 156 Å². The molecule has 2 N–H and O–H groups in total. The number of amides is 1. The Balaban J connectivity index is 1.76. The molecule has 0 heterocycles. The monoisotopic (exact) mass is 362 g/mol. The zero-order valence-corrected chi connectivity index (χ0v) is 16.0. The second-order valence-corrected chi connectivity index (χ2v) is 7.10. The molecule has 0 saturated heterocycles. The van der Waals surface area contributed by atoms with Gasteiger partial charge in [0.25, 0.3) is 5.91 Å². The van der Waals surface area contributed by atoms with E-state index in [1.165, 1.54) is 38.5 Å². The molecule has 138 valence electrons. The van der Waals surface area contributed by atoms with Crippen LogP contribution in [-0.4, -0.2) is 23.7 Å². The van der Waals surface area contributed by atoms with Gasteiger partial charge in [0.1, 0.15) is 5.75 Å². The summed E-state index contributed by atoms with van der Waals surface area (Å²) in [5.74, 6) is 0.621. The molecular weight excluding hydrogens is 332 g/mol. The van der Waals surface area contributed by atoms with Crippen molar-refractivity contribution >= 4 is 23.2 Å². The van der Waals surface area contributed by atoms with E-state index in [-0.39, 0.29) is 5.91 Å². The smallest absolute Gasteiger partial charge is 0.257 e. The van der Waals surface area contributed by atoms with Crippen LogP contribution in [0.25, 0.3) is 0 Å². The molecule has 1 aromatic rings. The molecule has 0 bridgehead atoms. The van der Waals surface area contributed by atoms with E-state index in [0.29, 0.717) is 16.7 Å². The highest BCUT2D eigenvalue weighted by Gasteiger charge is 2.14. The van der Waals surface area contributed by atoms with Gasteiger partial charge in [0.15, 0.2) is 5.11 Å². The SMILES string of the molecule is CCCCCOc1ccc(C(=O)NC(=S)NC2CCCCCC2)cc1. The highest BCUT2D eigenvalue weighted by atomic mass is 32.1. The number of nitrogens with one attached hydrogen (secondary N) is 2. The lowest BCUT2D eigenvalue weighted by atomic mass is 10.1. The minimum Gasteiger partial charge on any atom is -0.494 e. The fraction of sp³-hybridized carbons (Fsp3) is 0.600. The summed E-state index contributed by atoms with van der Waals surface area (Å²) in [6, 6.07) is 7.61. The lowest BCUT2D eigenvalue weighted by Crippen LogP contribution is -2.44. The molecule has 0 unspecified atom stereocenters. The average Bonchev–Trinajstić information content (AvgIpc) is 2.88. The van der Waals surface area contributed by atoms with Crippen LogP contribution in [0.4, 0.5) is 0 Å². The largest absolute Gasteiger partial charge is 0.494 e. The first-order valence-corrected chi connectivity index (χ1v) is 9.94. The van der Waals surface area contributed by atoms with E-state index in [1.54, 1.807) is 12.1 Å².